The van der Waals surface area contributed by atoms with Crippen LogP contribution in [-0.4, -0.2) is 48.8 Å². The highest BCUT2D eigenvalue weighted by Crippen LogP contribution is 2.47. The van der Waals surface area contributed by atoms with E-state index in [2.05, 4.69) is 44.8 Å². The maximum absolute atomic E-state index is 5.73. The number of hydrogen-bond donors (Lipinski definition) is 1. The first kappa shape index (κ1) is 19.2. The van der Waals surface area contributed by atoms with Gasteiger partial charge in [0.05, 0.1) is 6.10 Å². The molecule has 1 aliphatic carbocycles. The lowest BCUT2D eigenvalue weighted by molar-refractivity contribution is 0.00714. The maximum atomic E-state index is 5.73. The van der Waals surface area contributed by atoms with Crippen LogP contribution in [0.2, 0.25) is 0 Å². The van der Waals surface area contributed by atoms with Gasteiger partial charge in [-0.05, 0) is 84.7 Å². The fraction of sp³-hybridized carbons (Fsp3) is 1.00. The summed E-state index contributed by atoms with van der Waals surface area (Å²) in [7, 11) is 1.90. The summed E-state index contributed by atoms with van der Waals surface area (Å²) in [4.78, 5) is 2.65. The van der Waals surface area contributed by atoms with Gasteiger partial charge in [-0.2, -0.15) is 0 Å². The Balaban J connectivity index is 2.01. The smallest absolute Gasteiger partial charge is 0.0575 e. The maximum Gasteiger partial charge on any atom is 0.0575 e. The van der Waals surface area contributed by atoms with Crippen LogP contribution in [0.25, 0.3) is 0 Å². The number of hydrogen-bond acceptors (Lipinski definition) is 3. The van der Waals surface area contributed by atoms with E-state index in [1.54, 1.807) is 0 Å². The zero-order chi connectivity index (χ0) is 17.0. The predicted octanol–water partition coefficient (Wildman–Crippen LogP) is 4.07. The van der Waals surface area contributed by atoms with Crippen molar-refractivity contribution in [3.05, 3.63) is 0 Å². The molecule has 1 heterocycles. The molecule has 4 unspecified atom stereocenters. The Morgan fingerprint density at radius 1 is 1.22 bits per heavy atom. The van der Waals surface area contributed by atoms with Gasteiger partial charge in [0.15, 0.2) is 0 Å². The largest absolute Gasteiger partial charge is 0.381 e. The van der Waals surface area contributed by atoms with Crippen molar-refractivity contribution in [2.45, 2.75) is 96.9 Å². The van der Waals surface area contributed by atoms with E-state index in [0.717, 1.165) is 11.8 Å². The third kappa shape index (κ3) is 4.29. The van der Waals surface area contributed by atoms with Gasteiger partial charge in [-0.15, -0.1) is 0 Å². The minimum atomic E-state index is 0.412. The Kier molecular flexibility index (Phi) is 6.94. The van der Waals surface area contributed by atoms with Gasteiger partial charge in [0.25, 0.3) is 0 Å². The molecule has 4 atom stereocenters. The molecule has 2 rings (SSSR count). The zero-order valence-corrected chi connectivity index (χ0v) is 16.4. The van der Waals surface area contributed by atoms with Gasteiger partial charge in [-0.3, -0.25) is 4.90 Å². The monoisotopic (exact) mass is 324 g/mol. The van der Waals surface area contributed by atoms with Crippen molar-refractivity contribution in [2.24, 2.45) is 11.8 Å². The van der Waals surface area contributed by atoms with Gasteiger partial charge < -0.3 is 10.1 Å². The van der Waals surface area contributed by atoms with Gasteiger partial charge in [0, 0.05) is 24.7 Å². The SMILES string of the molecule is CCCC12CCC(OC)CC1C(CCN(C(C)C)C(C)C)CN2. The van der Waals surface area contributed by atoms with Crippen LogP contribution < -0.4 is 5.32 Å². The van der Waals surface area contributed by atoms with Crippen molar-refractivity contribution in [2.75, 3.05) is 20.2 Å². The highest BCUT2D eigenvalue weighted by atomic mass is 16.5. The van der Waals surface area contributed by atoms with Crippen LogP contribution in [0.3, 0.4) is 0 Å². The number of methoxy groups -OCH3 is 1. The molecular formula is C20H40N2O. The molecule has 3 nitrogen and oxygen atoms in total. The van der Waals surface area contributed by atoms with Crippen LogP contribution >= 0.6 is 0 Å². The molecule has 0 radical (unpaired) electrons. The molecule has 0 spiro atoms. The first-order valence-electron chi connectivity index (χ1n) is 9.97. The summed E-state index contributed by atoms with van der Waals surface area (Å²) in [5.41, 5.74) is 0.412. The summed E-state index contributed by atoms with van der Waals surface area (Å²) in [6.45, 7) is 14.1. The van der Waals surface area contributed by atoms with Crippen molar-refractivity contribution in [3.8, 4) is 0 Å². The highest BCUT2D eigenvalue weighted by Gasteiger charge is 2.50. The van der Waals surface area contributed by atoms with Crippen molar-refractivity contribution in [1.29, 1.82) is 0 Å². The fourth-order valence-corrected chi connectivity index (χ4v) is 5.36. The predicted molar refractivity (Wildman–Crippen MR) is 98.9 cm³/mol. The summed E-state index contributed by atoms with van der Waals surface area (Å²) in [5, 5.41) is 3.98. The number of ether oxygens (including phenoxy) is 1. The van der Waals surface area contributed by atoms with E-state index in [9.17, 15) is 0 Å². The van der Waals surface area contributed by atoms with E-state index in [0.29, 0.717) is 23.7 Å². The van der Waals surface area contributed by atoms with E-state index in [1.807, 2.05) is 7.11 Å². The molecule has 0 aromatic heterocycles. The lowest BCUT2D eigenvalue weighted by atomic mass is 9.67. The Morgan fingerprint density at radius 2 is 1.91 bits per heavy atom. The Morgan fingerprint density at radius 3 is 2.48 bits per heavy atom. The molecule has 136 valence electrons. The van der Waals surface area contributed by atoms with Gasteiger partial charge in [-0.1, -0.05) is 13.3 Å². The topological polar surface area (TPSA) is 24.5 Å². The molecule has 0 aromatic rings. The normalized spacial score (nSPS) is 34.6. The van der Waals surface area contributed by atoms with Crippen LogP contribution in [0.1, 0.15) is 73.1 Å². The van der Waals surface area contributed by atoms with Crippen LogP contribution in [0.15, 0.2) is 0 Å². The first-order chi connectivity index (χ1) is 10.9. The average Bonchev–Trinajstić information content (AvgIpc) is 2.85. The summed E-state index contributed by atoms with van der Waals surface area (Å²) in [6, 6.07) is 1.28. The van der Waals surface area contributed by atoms with E-state index in [-0.39, 0.29) is 0 Å². The third-order valence-electron chi connectivity index (χ3n) is 6.54. The van der Waals surface area contributed by atoms with Crippen LogP contribution in [-0.2, 0) is 4.74 Å². The summed E-state index contributed by atoms with van der Waals surface area (Å²) >= 11 is 0. The fourth-order valence-electron chi connectivity index (χ4n) is 5.36. The molecule has 0 aromatic carbocycles. The number of fused-ring (bicyclic) bond motifs is 1. The van der Waals surface area contributed by atoms with Gasteiger partial charge in [0.2, 0.25) is 0 Å². The van der Waals surface area contributed by atoms with Crippen molar-refractivity contribution < 1.29 is 4.74 Å². The molecule has 2 aliphatic rings. The van der Waals surface area contributed by atoms with Gasteiger partial charge in [0.1, 0.15) is 0 Å². The quantitative estimate of drug-likeness (QED) is 0.728. The molecule has 1 saturated carbocycles. The van der Waals surface area contributed by atoms with E-state index in [1.165, 1.54) is 51.6 Å². The molecule has 1 aliphatic heterocycles. The molecule has 0 amide bonds. The summed E-state index contributed by atoms with van der Waals surface area (Å²) < 4.78 is 5.73. The molecule has 1 saturated heterocycles. The lowest BCUT2D eigenvalue weighted by Crippen LogP contribution is -2.50. The Hall–Kier alpha value is -0.120. The second-order valence-electron chi connectivity index (χ2n) is 8.50. The van der Waals surface area contributed by atoms with Crippen LogP contribution in [0.5, 0.6) is 0 Å². The minimum absolute atomic E-state index is 0.412. The van der Waals surface area contributed by atoms with Crippen LogP contribution in [0, 0.1) is 11.8 Å². The van der Waals surface area contributed by atoms with Crippen molar-refractivity contribution >= 4 is 0 Å². The summed E-state index contributed by atoms with van der Waals surface area (Å²) in [5.74, 6) is 1.63. The second kappa shape index (κ2) is 8.31. The van der Waals surface area contributed by atoms with Crippen molar-refractivity contribution in [3.63, 3.8) is 0 Å². The number of nitrogens with zero attached hydrogens (tertiary/aromatic N) is 1. The highest BCUT2D eigenvalue weighted by molar-refractivity contribution is 5.06. The zero-order valence-electron chi connectivity index (χ0n) is 16.4. The molecule has 3 heteroatoms. The minimum Gasteiger partial charge on any atom is -0.381 e. The molecule has 1 N–H and O–H groups in total. The van der Waals surface area contributed by atoms with Gasteiger partial charge >= 0.3 is 0 Å². The molecular weight excluding hydrogens is 284 g/mol. The Bertz CT molecular complexity index is 350. The summed E-state index contributed by atoms with van der Waals surface area (Å²) in [6.07, 6.45) is 8.24. The van der Waals surface area contributed by atoms with E-state index >= 15 is 0 Å². The lowest BCUT2D eigenvalue weighted by Gasteiger charge is -2.44. The third-order valence-corrected chi connectivity index (χ3v) is 6.54. The second-order valence-corrected chi connectivity index (χ2v) is 8.50. The Labute approximate surface area is 144 Å². The van der Waals surface area contributed by atoms with Crippen molar-refractivity contribution in [1.82, 2.24) is 10.2 Å². The van der Waals surface area contributed by atoms with E-state index < -0.39 is 0 Å². The number of rotatable bonds is 8. The average molecular weight is 325 g/mol. The first-order valence-corrected chi connectivity index (χ1v) is 9.97. The van der Waals surface area contributed by atoms with Crippen LogP contribution in [0.4, 0.5) is 0 Å². The number of nitrogens with one attached hydrogen (secondary N) is 1. The van der Waals surface area contributed by atoms with Gasteiger partial charge in [-0.25, -0.2) is 0 Å². The molecule has 2 fully saturated rings. The molecule has 23 heavy (non-hydrogen) atoms. The van der Waals surface area contributed by atoms with E-state index in [4.69, 9.17) is 4.74 Å². The standard InChI is InChI=1S/C20H40N2O/c1-7-10-20-11-8-18(23-6)13-19(20)17(14-21-20)9-12-22(15(2)3)16(4)5/h15-19,21H,7-14H2,1-6H3. The molecule has 0 bridgehead atoms.